The molecule has 8 unspecified atom stereocenters. The number of carboxylic acid groups (broad SMARTS) is 2. The fourth-order valence-electron chi connectivity index (χ4n) is 11.3. The molecule has 1 aliphatic carbocycles. The third kappa shape index (κ3) is 26.2. The maximum Gasteiger partial charge on any atom is 0.326 e. The highest BCUT2D eigenvalue weighted by atomic mass is 32.2. The molecule has 0 spiro atoms. The molecule has 4 aliphatic heterocycles. The van der Waals surface area contributed by atoms with Gasteiger partial charge in [-0.2, -0.15) is 23.5 Å². The Kier molecular flexibility index (Phi) is 32.3. The van der Waals surface area contributed by atoms with Crippen molar-refractivity contribution in [3.05, 3.63) is 94.3 Å². The van der Waals surface area contributed by atoms with E-state index in [1.807, 2.05) is 6.92 Å². The predicted octanol–water partition coefficient (Wildman–Crippen LogP) is 1.26. The molecule has 0 aromatic heterocycles. The fourth-order valence-corrected chi connectivity index (χ4v) is 14.7. The van der Waals surface area contributed by atoms with Crippen LogP contribution in [0, 0.1) is 23.7 Å². The molecule has 10 atom stereocenters. The van der Waals surface area contributed by atoms with Gasteiger partial charge in [0, 0.05) is 84.2 Å². The molecule has 2 aromatic carbocycles. The summed E-state index contributed by atoms with van der Waals surface area (Å²) in [5, 5.41) is 41.9. The van der Waals surface area contributed by atoms with Crippen molar-refractivity contribution in [2.75, 3.05) is 77.5 Å². The van der Waals surface area contributed by atoms with Gasteiger partial charge in [0.2, 0.25) is 23.6 Å². The number of Topliss-reactive ketones (excluding diaryl/α,β-unsaturated/α-hetero) is 2. The number of nitrogens with two attached hydrogens (primary N) is 2. The van der Waals surface area contributed by atoms with Crippen LogP contribution < -0.4 is 54.0 Å². The summed E-state index contributed by atoms with van der Waals surface area (Å²) in [5.74, 6) is -7.33. The van der Waals surface area contributed by atoms with Crippen LogP contribution >= 0.6 is 23.5 Å². The van der Waals surface area contributed by atoms with E-state index in [1.165, 1.54) is 6.92 Å². The molecule has 31 nitrogen and oxygen atoms in total. The van der Waals surface area contributed by atoms with Gasteiger partial charge in [0.1, 0.15) is 61.0 Å². The maximum absolute atomic E-state index is 13.6. The lowest BCUT2D eigenvalue weighted by molar-refractivity contribution is -0.147. The minimum Gasteiger partial charge on any atom is -0.480 e. The van der Waals surface area contributed by atoms with Gasteiger partial charge < -0.3 is 77.3 Å². The minimum absolute atomic E-state index is 0.0246. The van der Waals surface area contributed by atoms with Crippen LogP contribution in [0.2, 0.25) is 0 Å². The smallest absolute Gasteiger partial charge is 0.326 e. The van der Waals surface area contributed by atoms with Crippen molar-refractivity contribution < 1.29 is 91.4 Å². The molecular weight excluding hydrogens is 1350 g/mol. The number of benzene rings is 2. The number of thioether (sulfide) groups is 2. The number of nitrogens with one attached hydrogen (secondary N) is 8. The second-order valence-electron chi connectivity index (χ2n) is 24.8. The molecule has 0 bridgehead atoms. The Hall–Kier alpha value is -8.92. The number of aliphatic imine (C=N–C) groups is 2. The topological polar surface area (TPSA) is 464 Å². The summed E-state index contributed by atoms with van der Waals surface area (Å²) in [5.41, 5.74) is 15.3. The molecule has 5 aliphatic rings. The van der Waals surface area contributed by atoms with Gasteiger partial charge in [-0.1, -0.05) is 31.2 Å². The second kappa shape index (κ2) is 41.1. The van der Waals surface area contributed by atoms with E-state index in [0.29, 0.717) is 43.6 Å². The Balaban J connectivity index is 0.725. The Morgan fingerprint density at radius 1 is 0.564 bits per heavy atom. The van der Waals surface area contributed by atoms with Crippen LogP contribution in [0.1, 0.15) is 123 Å². The zero-order valence-corrected chi connectivity index (χ0v) is 58.3. The molecule has 0 saturated heterocycles. The zero-order valence-electron chi connectivity index (χ0n) is 56.6. The molecule has 550 valence electrons. The zero-order chi connectivity index (χ0) is 72.8. The van der Waals surface area contributed by atoms with Crippen LogP contribution in [0.5, 0.6) is 0 Å². The van der Waals surface area contributed by atoms with Crippen molar-refractivity contribution in [2.24, 2.45) is 45.1 Å². The quantitative estimate of drug-likeness (QED) is 0.0328. The van der Waals surface area contributed by atoms with Crippen LogP contribution in [0.25, 0.3) is 0 Å². The van der Waals surface area contributed by atoms with Crippen molar-refractivity contribution in [1.29, 1.82) is 0 Å². The first-order valence-electron chi connectivity index (χ1n) is 33.8. The molecule has 0 radical (unpaired) electrons. The van der Waals surface area contributed by atoms with Crippen molar-refractivity contribution in [3.63, 3.8) is 0 Å². The van der Waals surface area contributed by atoms with Crippen molar-refractivity contribution in [2.45, 2.75) is 139 Å². The number of aryl methyl sites for hydroxylation is 2. The Morgan fingerprint density at radius 3 is 1.42 bits per heavy atom. The molecular formula is C68H92N12O19S2. The highest BCUT2D eigenvalue weighted by Crippen LogP contribution is 2.42. The predicted molar refractivity (Wildman–Crippen MR) is 371 cm³/mol. The van der Waals surface area contributed by atoms with Crippen LogP contribution in [-0.4, -0.2) is 205 Å². The highest BCUT2D eigenvalue weighted by molar-refractivity contribution is 8.04. The Bertz CT molecular complexity index is 3390. The van der Waals surface area contributed by atoms with E-state index in [9.17, 15) is 67.7 Å². The summed E-state index contributed by atoms with van der Waals surface area (Å²) in [7, 11) is 0. The summed E-state index contributed by atoms with van der Waals surface area (Å²) < 4.78 is 27.0. The van der Waals surface area contributed by atoms with E-state index < -0.39 is 77.9 Å². The lowest BCUT2D eigenvalue weighted by atomic mass is 9.92. The van der Waals surface area contributed by atoms with Gasteiger partial charge >= 0.3 is 23.9 Å². The minimum atomic E-state index is -1.38. The normalized spacial score (nSPS) is 19.9. The summed E-state index contributed by atoms with van der Waals surface area (Å²) in [6.45, 7) is 3.90. The second-order valence-corrected chi connectivity index (χ2v) is 27.3. The van der Waals surface area contributed by atoms with Crippen molar-refractivity contribution in [1.82, 2.24) is 42.5 Å². The average Bonchev–Trinajstić information content (AvgIpc) is 1.70. The lowest BCUT2D eigenvalue weighted by Gasteiger charge is -2.37. The van der Waals surface area contributed by atoms with Gasteiger partial charge in [0.25, 0.3) is 11.8 Å². The maximum atomic E-state index is 13.6. The number of nitrogens with zero attached hydrogens (tertiary/aromatic N) is 2. The number of hydrogen-bond acceptors (Lipinski definition) is 25. The number of ketones is 2. The van der Waals surface area contributed by atoms with Crippen molar-refractivity contribution in [3.8, 4) is 0 Å². The molecule has 6 amide bonds. The molecule has 1 saturated carbocycles. The third-order valence-corrected chi connectivity index (χ3v) is 20.7. The van der Waals surface area contributed by atoms with Gasteiger partial charge in [-0.05, 0) is 124 Å². The van der Waals surface area contributed by atoms with Gasteiger partial charge in [0.05, 0.1) is 45.6 Å². The lowest BCUT2D eigenvalue weighted by Crippen LogP contribution is -2.50. The number of aliphatic carboxylic acids is 2. The van der Waals surface area contributed by atoms with Crippen LogP contribution in [0.3, 0.4) is 0 Å². The SMILES string of the molecule is CCC(CSC1CCC1SCC(CC(=O)CCOCCC(C)=O)C(=O)NCCOCCOC(=O)CC[C@H](NC(=O)c1ccc(CCC2=CNC3N=C(N)NC(=O)C23)cc1)C(=O)O)C(=O)NCCOCCOC(=O)CC[C@H](NC(=O)c1ccc(CCC2=CNC3N=C(N)NC(=O)C23)cc1)C(=O)O. The first-order valence-corrected chi connectivity index (χ1v) is 35.9. The molecule has 33 heteroatoms. The summed E-state index contributed by atoms with van der Waals surface area (Å²) in [6.07, 6.45) is 6.50. The molecule has 14 N–H and O–H groups in total. The first kappa shape index (κ1) is 79.4. The first-order chi connectivity index (χ1) is 48.5. The number of guanidine groups is 2. The van der Waals surface area contributed by atoms with Crippen LogP contribution in [-0.2, 0) is 84.5 Å². The van der Waals surface area contributed by atoms with E-state index in [4.69, 9.17) is 35.2 Å². The molecule has 1 fully saturated rings. The van der Waals surface area contributed by atoms with Crippen molar-refractivity contribution >= 4 is 106 Å². The molecule has 101 heavy (non-hydrogen) atoms. The third-order valence-electron chi connectivity index (χ3n) is 17.3. The summed E-state index contributed by atoms with van der Waals surface area (Å²) in [6, 6.07) is 10.5. The number of carbonyl (C=O) groups is 12. The highest BCUT2D eigenvalue weighted by Gasteiger charge is 2.40. The number of carbonyl (C=O) groups excluding carboxylic acids is 10. The van der Waals surface area contributed by atoms with Gasteiger partial charge in [-0.3, -0.25) is 58.6 Å². The number of carboxylic acids is 2. The van der Waals surface area contributed by atoms with Gasteiger partial charge in [0.15, 0.2) is 11.9 Å². The van der Waals surface area contributed by atoms with Gasteiger partial charge in [-0.25, -0.2) is 19.6 Å². The number of ether oxygens (including phenoxy) is 5. The summed E-state index contributed by atoms with van der Waals surface area (Å²) in [4.78, 5) is 160. The molecule has 7 rings (SSSR count). The van der Waals surface area contributed by atoms with E-state index in [1.54, 1.807) is 84.5 Å². The standard InChI is InChI=1S/C68H92N12O19S2/c1-3-42(59(85)71-24-28-96-30-32-98-53(83)20-16-49(65(91)92)75-61(87)43-10-4-40(5-11-43)8-14-45-35-73-57-55(45)63(89)79-67(69)77-57)37-100-51-18-19-52(51)101-38-47(34-48(82)23-27-95-26-22-39(2)81)60(86)72-25-29-97-31-33-99-54(84)21-17-50(66(93)94)76-62(88)44-12-6-41(7-13-44)9-15-46-36-74-58-56(46)64(90)80-68(70)78-58/h4-7,10-13,35-36,42,47,49-52,55-58,73-74H,3,8-9,14-34,37-38H2,1-2H3,(H,71,85)(H,72,86)(H,75,87)(H,76,88)(H,91,92)(H,93,94)(H3,69,77,79,89)(H3,70,78,80,90)/t42?,47?,49-,50-,51?,52?,55?,56?,57?,58?/m0/s1. The van der Waals surface area contributed by atoms with E-state index >= 15 is 0 Å². The van der Waals surface area contributed by atoms with E-state index in [-0.39, 0.29) is 186 Å². The number of fused-ring (bicyclic) bond motifs is 2. The van der Waals surface area contributed by atoms with E-state index in [0.717, 1.165) is 35.1 Å². The van der Waals surface area contributed by atoms with E-state index in [2.05, 4.69) is 52.5 Å². The number of amides is 6. The monoisotopic (exact) mass is 1440 g/mol. The number of hydrogen-bond donors (Lipinski definition) is 12. The van der Waals surface area contributed by atoms with Crippen LogP contribution in [0.15, 0.2) is 82.1 Å². The average molecular weight is 1450 g/mol. The van der Waals surface area contributed by atoms with Gasteiger partial charge in [-0.15, -0.1) is 0 Å². The summed E-state index contributed by atoms with van der Waals surface area (Å²) >= 11 is 3.30. The van der Waals surface area contributed by atoms with Crippen LogP contribution in [0.4, 0.5) is 0 Å². The Morgan fingerprint density at radius 2 is 0.990 bits per heavy atom. The largest absolute Gasteiger partial charge is 0.480 e. The number of rotatable bonds is 47. The number of esters is 2. The molecule has 4 heterocycles. The molecule has 2 aromatic rings. The fraction of sp³-hybridized carbons (Fsp3) is 0.559. The Labute approximate surface area is 593 Å².